The normalized spacial score (nSPS) is 15.0. The number of hydrogen-bond donors (Lipinski definition) is 1. The number of hydrogen-bond acceptors (Lipinski definition) is 4. The number of amides is 2. The van der Waals surface area contributed by atoms with Crippen molar-refractivity contribution >= 4 is 11.8 Å². The number of methoxy groups -OCH3 is 1. The fourth-order valence-electron chi connectivity index (χ4n) is 4.57. The highest BCUT2D eigenvalue weighted by atomic mass is 16.5. The van der Waals surface area contributed by atoms with E-state index < -0.39 is 5.41 Å². The van der Waals surface area contributed by atoms with Crippen LogP contribution in [-0.4, -0.2) is 48.9 Å². The van der Waals surface area contributed by atoms with Gasteiger partial charge in [-0.3, -0.25) is 14.6 Å². The summed E-state index contributed by atoms with van der Waals surface area (Å²) in [6.45, 7) is 1.08. The molecule has 1 saturated heterocycles. The Morgan fingerprint density at radius 3 is 2.42 bits per heavy atom. The van der Waals surface area contributed by atoms with Crippen molar-refractivity contribution in [2.45, 2.75) is 19.3 Å². The van der Waals surface area contributed by atoms with E-state index in [1.165, 1.54) is 0 Å². The Morgan fingerprint density at radius 1 is 1.03 bits per heavy atom. The topological polar surface area (TPSA) is 71.5 Å². The maximum atomic E-state index is 13.0. The fraction of sp³-hybridized carbons (Fsp3) is 0.296. The molecule has 0 aliphatic carbocycles. The van der Waals surface area contributed by atoms with Crippen LogP contribution in [0.4, 0.5) is 0 Å². The number of nitrogens with zero attached hydrogens (tertiary/aromatic N) is 2. The van der Waals surface area contributed by atoms with E-state index in [1.54, 1.807) is 32.5 Å². The zero-order chi connectivity index (χ0) is 23.3. The molecular formula is C27H29N3O3. The van der Waals surface area contributed by atoms with Gasteiger partial charge in [-0.25, -0.2) is 0 Å². The quantitative estimate of drug-likeness (QED) is 0.626. The zero-order valence-electron chi connectivity index (χ0n) is 19.1. The molecule has 6 heteroatoms. The van der Waals surface area contributed by atoms with Crippen molar-refractivity contribution in [1.82, 2.24) is 15.2 Å². The fourth-order valence-corrected chi connectivity index (χ4v) is 4.57. The molecule has 0 radical (unpaired) electrons. The van der Waals surface area contributed by atoms with Gasteiger partial charge in [-0.2, -0.15) is 0 Å². The van der Waals surface area contributed by atoms with Crippen LogP contribution in [0.5, 0.6) is 5.75 Å². The lowest BCUT2D eigenvalue weighted by atomic mass is 9.72. The molecule has 170 valence electrons. The number of likely N-dealkylation sites (tertiary alicyclic amines) is 1. The van der Waals surface area contributed by atoms with Gasteiger partial charge in [-0.1, -0.05) is 36.4 Å². The first-order valence-corrected chi connectivity index (χ1v) is 11.2. The van der Waals surface area contributed by atoms with Crippen LogP contribution >= 0.6 is 0 Å². The molecule has 1 aromatic heterocycles. The number of carbonyl (C=O) groups excluding carboxylic acids is 2. The van der Waals surface area contributed by atoms with E-state index >= 15 is 0 Å². The van der Waals surface area contributed by atoms with Gasteiger partial charge < -0.3 is 15.0 Å². The molecule has 0 atom stereocenters. The van der Waals surface area contributed by atoms with Crippen LogP contribution in [0, 0.1) is 5.41 Å². The van der Waals surface area contributed by atoms with Crippen LogP contribution in [0.2, 0.25) is 0 Å². The number of benzene rings is 2. The summed E-state index contributed by atoms with van der Waals surface area (Å²) in [7, 11) is 3.27. The van der Waals surface area contributed by atoms with Crippen molar-refractivity contribution in [1.29, 1.82) is 0 Å². The summed E-state index contributed by atoms with van der Waals surface area (Å²) in [5, 5.41) is 2.86. The van der Waals surface area contributed by atoms with Gasteiger partial charge >= 0.3 is 0 Å². The van der Waals surface area contributed by atoms with Gasteiger partial charge in [0.15, 0.2) is 0 Å². The molecule has 2 heterocycles. The Bertz CT molecular complexity index is 1100. The molecule has 3 aromatic rings. The molecule has 33 heavy (non-hydrogen) atoms. The van der Waals surface area contributed by atoms with Gasteiger partial charge in [-0.05, 0) is 60.2 Å². The number of ether oxygens (including phenoxy) is 1. The molecular weight excluding hydrogens is 414 g/mol. The van der Waals surface area contributed by atoms with E-state index in [4.69, 9.17) is 4.74 Å². The van der Waals surface area contributed by atoms with E-state index in [1.807, 2.05) is 35.4 Å². The molecule has 0 bridgehead atoms. The molecule has 0 unspecified atom stereocenters. The summed E-state index contributed by atoms with van der Waals surface area (Å²) < 4.78 is 5.25. The number of aromatic nitrogens is 1. The summed E-state index contributed by atoms with van der Waals surface area (Å²) >= 11 is 0. The largest absolute Gasteiger partial charge is 0.497 e. The Hall–Kier alpha value is -3.67. The number of rotatable bonds is 6. The van der Waals surface area contributed by atoms with Crippen LogP contribution in [0.15, 0.2) is 73.1 Å². The second kappa shape index (κ2) is 9.86. The minimum atomic E-state index is -0.532. The Kier molecular flexibility index (Phi) is 6.73. The maximum absolute atomic E-state index is 13.0. The molecule has 1 fully saturated rings. The molecule has 2 amide bonds. The lowest BCUT2D eigenvalue weighted by Gasteiger charge is -2.40. The van der Waals surface area contributed by atoms with Crippen molar-refractivity contribution in [2.75, 3.05) is 27.2 Å². The molecule has 4 rings (SSSR count). The minimum Gasteiger partial charge on any atom is -0.497 e. The standard InChI is InChI=1S/C27H29N3O3/c1-28-26(32)27(18-20-8-10-21(11-9-20)23-6-4-14-29-19-23)12-15-30(16-13-27)25(31)22-5-3-7-24(17-22)33-2/h3-11,14,17,19H,12-13,15-16,18H2,1-2H3,(H,28,32). The van der Waals surface area contributed by atoms with Gasteiger partial charge in [0.05, 0.1) is 12.5 Å². The summed E-state index contributed by atoms with van der Waals surface area (Å²) in [4.78, 5) is 32.0. The molecule has 6 nitrogen and oxygen atoms in total. The van der Waals surface area contributed by atoms with Crippen molar-refractivity contribution in [2.24, 2.45) is 5.41 Å². The van der Waals surface area contributed by atoms with Gasteiger partial charge in [0.2, 0.25) is 5.91 Å². The summed E-state index contributed by atoms with van der Waals surface area (Å²) in [5.74, 6) is 0.667. The SMILES string of the molecule is CNC(=O)C1(Cc2ccc(-c3cccnc3)cc2)CCN(C(=O)c2cccc(OC)c2)CC1. The lowest BCUT2D eigenvalue weighted by Crippen LogP contribution is -2.50. The molecule has 1 aliphatic rings. The van der Waals surface area contributed by atoms with Gasteiger partial charge in [0.1, 0.15) is 5.75 Å². The third kappa shape index (κ3) is 4.90. The van der Waals surface area contributed by atoms with Crippen LogP contribution in [0.1, 0.15) is 28.8 Å². The third-order valence-corrected chi connectivity index (χ3v) is 6.52. The second-order valence-corrected chi connectivity index (χ2v) is 8.50. The zero-order valence-corrected chi connectivity index (χ0v) is 19.1. The summed E-state index contributed by atoms with van der Waals surface area (Å²) in [5.41, 5.74) is 3.34. The lowest BCUT2D eigenvalue weighted by molar-refractivity contribution is -0.133. The highest BCUT2D eigenvalue weighted by molar-refractivity contribution is 5.95. The number of pyridine rings is 1. The molecule has 0 saturated carbocycles. The first-order valence-electron chi connectivity index (χ1n) is 11.2. The predicted octanol–water partition coefficient (Wildman–Crippen LogP) is 3.97. The second-order valence-electron chi connectivity index (χ2n) is 8.50. The van der Waals surface area contributed by atoms with Gasteiger partial charge in [-0.15, -0.1) is 0 Å². The number of piperidine rings is 1. The van der Waals surface area contributed by atoms with Crippen molar-refractivity contribution in [3.05, 3.63) is 84.2 Å². The van der Waals surface area contributed by atoms with E-state index in [-0.39, 0.29) is 11.8 Å². The van der Waals surface area contributed by atoms with Gasteiger partial charge in [0, 0.05) is 38.1 Å². The Labute approximate surface area is 194 Å². The van der Waals surface area contributed by atoms with Crippen molar-refractivity contribution < 1.29 is 14.3 Å². The Morgan fingerprint density at radius 2 is 1.79 bits per heavy atom. The number of carbonyl (C=O) groups is 2. The van der Waals surface area contributed by atoms with Crippen molar-refractivity contribution in [3.8, 4) is 16.9 Å². The van der Waals surface area contributed by atoms with Crippen LogP contribution in [0.3, 0.4) is 0 Å². The van der Waals surface area contributed by atoms with E-state index in [9.17, 15) is 9.59 Å². The van der Waals surface area contributed by atoms with Crippen molar-refractivity contribution in [3.63, 3.8) is 0 Å². The smallest absolute Gasteiger partial charge is 0.253 e. The van der Waals surface area contributed by atoms with Gasteiger partial charge in [0.25, 0.3) is 5.91 Å². The molecule has 0 spiro atoms. The average Bonchev–Trinajstić information content (AvgIpc) is 2.89. The third-order valence-electron chi connectivity index (χ3n) is 6.52. The molecule has 1 N–H and O–H groups in total. The number of nitrogens with one attached hydrogen (secondary N) is 1. The first-order chi connectivity index (χ1) is 16.0. The summed E-state index contributed by atoms with van der Waals surface area (Å²) in [6.07, 6.45) is 5.48. The first kappa shape index (κ1) is 22.5. The predicted molar refractivity (Wildman–Crippen MR) is 128 cm³/mol. The molecule has 2 aromatic carbocycles. The van der Waals surface area contributed by atoms with E-state index in [0.717, 1.165) is 16.7 Å². The summed E-state index contributed by atoms with van der Waals surface area (Å²) in [6, 6.07) is 19.5. The molecule has 1 aliphatic heterocycles. The van der Waals surface area contributed by atoms with Crippen LogP contribution in [0.25, 0.3) is 11.1 Å². The van der Waals surface area contributed by atoms with Crippen LogP contribution < -0.4 is 10.1 Å². The maximum Gasteiger partial charge on any atom is 0.253 e. The highest BCUT2D eigenvalue weighted by Gasteiger charge is 2.42. The van der Waals surface area contributed by atoms with Crippen LogP contribution in [-0.2, 0) is 11.2 Å². The highest BCUT2D eigenvalue weighted by Crippen LogP contribution is 2.36. The average molecular weight is 444 g/mol. The Balaban J connectivity index is 1.47. The van der Waals surface area contributed by atoms with E-state index in [0.29, 0.717) is 43.7 Å². The minimum absolute atomic E-state index is 0.0276. The van der Waals surface area contributed by atoms with E-state index in [2.05, 4.69) is 34.6 Å². The monoisotopic (exact) mass is 443 g/mol.